The minimum atomic E-state index is -0.254. The summed E-state index contributed by atoms with van der Waals surface area (Å²) in [7, 11) is 0. The number of amides is 1. The summed E-state index contributed by atoms with van der Waals surface area (Å²) < 4.78 is 1.88. The van der Waals surface area contributed by atoms with Crippen LogP contribution in [0, 0.1) is 6.92 Å². The van der Waals surface area contributed by atoms with Crippen molar-refractivity contribution in [2.45, 2.75) is 6.92 Å². The Balaban J connectivity index is 1.91. The van der Waals surface area contributed by atoms with Crippen LogP contribution >= 0.6 is 11.6 Å². The van der Waals surface area contributed by atoms with E-state index in [1.807, 2.05) is 29.5 Å². The number of nitrogens with zero attached hydrogens (tertiary/aromatic N) is 2. The standard InChI is InChI=1S/C15H12ClN3O/c1-10-4-2-7-14-18-13(9-19(10)14)15(20)17-12-6-3-5-11(16)8-12/h2-9H,1H3,(H,17,20). The highest BCUT2D eigenvalue weighted by molar-refractivity contribution is 6.30. The van der Waals surface area contributed by atoms with Gasteiger partial charge in [0.25, 0.3) is 5.91 Å². The molecule has 0 saturated heterocycles. The first-order valence-electron chi connectivity index (χ1n) is 6.15. The first-order chi connectivity index (χ1) is 9.63. The van der Waals surface area contributed by atoms with Gasteiger partial charge >= 0.3 is 0 Å². The second kappa shape index (κ2) is 4.98. The van der Waals surface area contributed by atoms with E-state index in [0.29, 0.717) is 16.4 Å². The Morgan fingerprint density at radius 3 is 2.80 bits per heavy atom. The Morgan fingerprint density at radius 2 is 2.05 bits per heavy atom. The number of aromatic nitrogens is 2. The molecule has 0 spiro atoms. The zero-order chi connectivity index (χ0) is 14.1. The molecule has 3 rings (SSSR count). The van der Waals surface area contributed by atoms with Gasteiger partial charge in [0.1, 0.15) is 11.3 Å². The number of carbonyl (C=O) groups excluding carboxylic acids is 1. The number of fused-ring (bicyclic) bond motifs is 1. The summed E-state index contributed by atoms with van der Waals surface area (Å²) >= 11 is 5.89. The van der Waals surface area contributed by atoms with E-state index in [1.54, 1.807) is 30.5 Å². The molecular weight excluding hydrogens is 274 g/mol. The first kappa shape index (κ1) is 12.7. The highest BCUT2D eigenvalue weighted by Gasteiger charge is 2.11. The molecule has 0 aliphatic carbocycles. The molecule has 0 aliphatic heterocycles. The van der Waals surface area contributed by atoms with Crippen molar-refractivity contribution in [2.75, 3.05) is 5.32 Å². The van der Waals surface area contributed by atoms with E-state index in [9.17, 15) is 4.79 Å². The molecule has 1 amide bonds. The number of aryl methyl sites for hydroxylation is 1. The van der Waals surface area contributed by atoms with E-state index in [2.05, 4.69) is 10.3 Å². The molecule has 1 aromatic carbocycles. The third kappa shape index (κ3) is 2.38. The summed E-state index contributed by atoms with van der Waals surface area (Å²) in [6.07, 6.45) is 1.73. The van der Waals surface area contributed by atoms with E-state index in [-0.39, 0.29) is 5.91 Å². The van der Waals surface area contributed by atoms with Crippen LogP contribution in [0.2, 0.25) is 5.02 Å². The van der Waals surface area contributed by atoms with Crippen LogP contribution in [-0.2, 0) is 0 Å². The Kier molecular flexibility index (Phi) is 3.16. The Morgan fingerprint density at radius 1 is 1.25 bits per heavy atom. The molecule has 0 aliphatic rings. The normalized spacial score (nSPS) is 10.7. The van der Waals surface area contributed by atoms with Crippen molar-refractivity contribution in [3.63, 3.8) is 0 Å². The largest absolute Gasteiger partial charge is 0.321 e. The summed E-state index contributed by atoms with van der Waals surface area (Å²) in [5, 5.41) is 3.36. The van der Waals surface area contributed by atoms with Gasteiger partial charge in [-0.2, -0.15) is 0 Å². The minimum Gasteiger partial charge on any atom is -0.321 e. The summed E-state index contributed by atoms with van der Waals surface area (Å²) in [6.45, 7) is 1.97. The SMILES string of the molecule is Cc1cccc2nc(C(=O)Nc3cccc(Cl)c3)cn12. The van der Waals surface area contributed by atoms with Gasteiger partial charge < -0.3 is 9.72 Å². The van der Waals surface area contributed by atoms with E-state index in [4.69, 9.17) is 11.6 Å². The predicted molar refractivity (Wildman–Crippen MR) is 79.3 cm³/mol. The zero-order valence-corrected chi connectivity index (χ0v) is 11.6. The zero-order valence-electron chi connectivity index (χ0n) is 10.8. The summed E-state index contributed by atoms with van der Waals surface area (Å²) in [6, 6.07) is 12.8. The highest BCUT2D eigenvalue weighted by atomic mass is 35.5. The van der Waals surface area contributed by atoms with E-state index in [1.165, 1.54) is 0 Å². The number of anilines is 1. The number of pyridine rings is 1. The predicted octanol–water partition coefficient (Wildman–Crippen LogP) is 3.55. The molecule has 1 N–H and O–H groups in total. The lowest BCUT2D eigenvalue weighted by Gasteiger charge is -2.02. The van der Waals surface area contributed by atoms with E-state index >= 15 is 0 Å². The molecule has 0 unspecified atom stereocenters. The fraction of sp³-hybridized carbons (Fsp3) is 0.0667. The molecule has 20 heavy (non-hydrogen) atoms. The quantitative estimate of drug-likeness (QED) is 0.783. The number of hydrogen-bond acceptors (Lipinski definition) is 2. The van der Waals surface area contributed by atoms with Crippen molar-refractivity contribution < 1.29 is 4.79 Å². The fourth-order valence-corrected chi connectivity index (χ4v) is 2.21. The van der Waals surface area contributed by atoms with Crippen LogP contribution in [0.1, 0.15) is 16.2 Å². The van der Waals surface area contributed by atoms with Crippen molar-refractivity contribution in [3.05, 3.63) is 65.1 Å². The number of rotatable bonds is 2. The molecule has 2 aromatic heterocycles. The van der Waals surface area contributed by atoms with Crippen molar-refractivity contribution in [3.8, 4) is 0 Å². The maximum absolute atomic E-state index is 12.2. The van der Waals surface area contributed by atoms with Crippen LogP contribution in [0.4, 0.5) is 5.69 Å². The maximum atomic E-state index is 12.2. The summed E-state index contributed by atoms with van der Waals surface area (Å²) in [4.78, 5) is 16.5. The number of benzene rings is 1. The molecule has 3 aromatic rings. The molecular formula is C15H12ClN3O. The lowest BCUT2D eigenvalue weighted by atomic mass is 10.3. The van der Waals surface area contributed by atoms with Gasteiger partial charge in [0.05, 0.1) is 0 Å². The monoisotopic (exact) mass is 285 g/mol. The number of halogens is 1. The van der Waals surface area contributed by atoms with Gasteiger partial charge in [0.2, 0.25) is 0 Å². The van der Waals surface area contributed by atoms with Crippen LogP contribution in [0.5, 0.6) is 0 Å². The van der Waals surface area contributed by atoms with Crippen LogP contribution in [-0.4, -0.2) is 15.3 Å². The van der Waals surface area contributed by atoms with Gasteiger partial charge in [-0.15, -0.1) is 0 Å². The maximum Gasteiger partial charge on any atom is 0.275 e. The molecule has 0 fully saturated rings. The van der Waals surface area contributed by atoms with E-state index < -0.39 is 0 Å². The molecule has 0 bridgehead atoms. The minimum absolute atomic E-state index is 0.254. The van der Waals surface area contributed by atoms with Crippen molar-refractivity contribution in [1.82, 2.24) is 9.38 Å². The molecule has 0 radical (unpaired) electrons. The average Bonchev–Trinajstić information content (AvgIpc) is 2.84. The number of carbonyl (C=O) groups is 1. The Bertz CT molecular complexity index is 795. The molecule has 2 heterocycles. The van der Waals surface area contributed by atoms with Gasteiger partial charge in [0, 0.05) is 22.6 Å². The fourth-order valence-electron chi connectivity index (χ4n) is 2.02. The molecule has 5 heteroatoms. The lowest BCUT2D eigenvalue weighted by Crippen LogP contribution is -2.12. The summed E-state index contributed by atoms with van der Waals surface area (Å²) in [5.74, 6) is -0.254. The van der Waals surface area contributed by atoms with Crippen molar-refractivity contribution >= 4 is 28.8 Å². The first-order valence-corrected chi connectivity index (χ1v) is 6.53. The number of nitrogens with one attached hydrogen (secondary N) is 1. The van der Waals surface area contributed by atoms with Crippen LogP contribution in [0.25, 0.3) is 5.65 Å². The molecule has 4 nitrogen and oxygen atoms in total. The van der Waals surface area contributed by atoms with Gasteiger partial charge in [-0.05, 0) is 37.3 Å². The second-order valence-electron chi connectivity index (χ2n) is 4.49. The van der Waals surface area contributed by atoms with Crippen LogP contribution < -0.4 is 5.32 Å². The van der Waals surface area contributed by atoms with Crippen molar-refractivity contribution in [1.29, 1.82) is 0 Å². The average molecular weight is 286 g/mol. The number of hydrogen-bond donors (Lipinski definition) is 1. The van der Waals surface area contributed by atoms with Gasteiger partial charge in [-0.1, -0.05) is 23.7 Å². The Labute approximate surface area is 121 Å². The number of imidazole rings is 1. The second-order valence-corrected chi connectivity index (χ2v) is 4.92. The third-order valence-electron chi connectivity index (χ3n) is 3.01. The van der Waals surface area contributed by atoms with E-state index in [0.717, 1.165) is 11.3 Å². The van der Waals surface area contributed by atoms with Gasteiger partial charge in [-0.3, -0.25) is 4.79 Å². The molecule has 0 saturated carbocycles. The Hall–Kier alpha value is -2.33. The van der Waals surface area contributed by atoms with Crippen LogP contribution in [0.15, 0.2) is 48.7 Å². The summed E-state index contributed by atoms with van der Waals surface area (Å²) in [5.41, 5.74) is 2.80. The lowest BCUT2D eigenvalue weighted by molar-refractivity contribution is 0.102. The highest BCUT2D eigenvalue weighted by Crippen LogP contribution is 2.16. The smallest absolute Gasteiger partial charge is 0.275 e. The third-order valence-corrected chi connectivity index (χ3v) is 3.25. The molecule has 0 atom stereocenters. The topological polar surface area (TPSA) is 46.4 Å². The van der Waals surface area contributed by atoms with Crippen molar-refractivity contribution in [2.24, 2.45) is 0 Å². The molecule has 100 valence electrons. The van der Waals surface area contributed by atoms with Gasteiger partial charge in [0.15, 0.2) is 0 Å². The van der Waals surface area contributed by atoms with Gasteiger partial charge in [-0.25, -0.2) is 4.98 Å². The van der Waals surface area contributed by atoms with Crippen LogP contribution in [0.3, 0.4) is 0 Å².